The minimum absolute atomic E-state index is 0.177. The average molecular weight is 433 g/mol. The summed E-state index contributed by atoms with van der Waals surface area (Å²) in [6, 6.07) is 0. The first-order valence-corrected chi connectivity index (χ1v) is 11.0. The lowest BCUT2D eigenvalue weighted by atomic mass is 10.2. The highest BCUT2D eigenvalue weighted by Crippen LogP contribution is 2.04. The van der Waals surface area contributed by atoms with Gasteiger partial charge in [-0.3, -0.25) is 19.2 Å². The quantitative estimate of drug-likeness (QED) is 0.204. The molecule has 176 valence electrons. The van der Waals surface area contributed by atoms with Crippen molar-refractivity contribution in [3.63, 3.8) is 0 Å². The second kappa shape index (κ2) is 23.2. The van der Waals surface area contributed by atoms with Gasteiger partial charge in [0, 0.05) is 25.7 Å². The smallest absolute Gasteiger partial charge is 0.305 e. The van der Waals surface area contributed by atoms with Crippen LogP contribution in [0, 0.1) is 0 Å². The molecule has 0 aromatic heterocycles. The molecule has 0 aliphatic carbocycles. The molecule has 0 aliphatic heterocycles. The Hall–Kier alpha value is -2.12. The number of esters is 4. The van der Waals surface area contributed by atoms with Gasteiger partial charge in [0.15, 0.2) is 0 Å². The van der Waals surface area contributed by atoms with E-state index in [1.54, 1.807) is 13.8 Å². The van der Waals surface area contributed by atoms with Crippen molar-refractivity contribution in [1.29, 1.82) is 0 Å². The normalized spacial score (nSPS) is 9.73. The van der Waals surface area contributed by atoms with Gasteiger partial charge in [0.05, 0.1) is 26.4 Å². The molecule has 0 amide bonds. The Morgan fingerprint density at radius 1 is 0.467 bits per heavy atom. The summed E-state index contributed by atoms with van der Waals surface area (Å²) in [5.74, 6) is -0.750. The van der Waals surface area contributed by atoms with Crippen LogP contribution in [0.25, 0.3) is 0 Å². The molecule has 8 heteroatoms. The van der Waals surface area contributed by atoms with Crippen LogP contribution in [0.2, 0.25) is 0 Å². The van der Waals surface area contributed by atoms with Crippen molar-refractivity contribution in [2.75, 3.05) is 26.4 Å². The number of hydrogen-bond donors (Lipinski definition) is 0. The fourth-order valence-electron chi connectivity index (χ4n) is 2.12. The van der Waals surface area contributed by atoms with E-state index in [0.29, 0.717) is 77.8 Å². The largest absolute Gasteiger partial charge is 0.466 e. The molecule has 30 heavy (non-hydrogen) atoms. The summed E-state index contributed by atoms with van der Waals surface area (Å²) in [5.41, 5.74) is 0. The fourth-order valence-corrected chi connectivity index (χ4v) is 2.12. The van der Waals surface area contributed by atoms with E-state index in [1.165, 1.54) is 0 Å². The van der Waals surface area contributed by atoms with Gasteiger partial charge in [-0.15, -0.1) is 0 Å². The van der Waals surface area contributed by atoms with Crippen LogP contribution in [0.4, 0.5) is 0 Å². The highest BCUT2D eigenvalue weighted by molar-refractivity contribution is 5.71. The number of unbranched alkanes of at least 4 members (excludes halogenated alkanes) is 2. The fraction of sp³-hybridized carbons (Fsp3) is 0.818. The van der Waals surface area contributed by atoms with Gasteiger partial charge in [-0.25, -0.2) is 0 Å². The van der Waals surface area contributed by atoms with E-state index in [-0.39, 0.29) is 23.9 Å². The molecule has 0 rings (SSSR count). The maximum Gasteiger partial charge on any atom is 0.305 e. The molecule has 8 nitrogen and oxygen atoms in total. The lowest BCUT2D eigenvalue weighted by Gasteiger charge is -2.03. The Morgan fingerprint density at radius 3 is 0.967 bits per heavy atom. The van der Waals surface area contributed by atoms with E-state index in [4.69, 9.17) is 18.9 Å². The van der Waals surface area contributed by atoms with Crippen molar-refractivity contribution in [1.82, 2.24) is 0 Å². The standard InChI is InChI=1S/C12H22O4.C10H18O4/c1-3-9-15-11(13)7-5-6-8-12(14)16-10-4-2;1-3-13-9(11)7-5-6-8-10(12)14-4-2/h3-10H2,1-2H3;3-8H2,1-2H3. The van der Waals surface area contributed by atoms with E-state index in [0.717, 1.165) is 12.8 Å². The molecule has 0 unspecified atom stereocenters. The minimum Gasteiger partial charge on any atom is -0.466 e. The molecule has 0 aliphatic rings. The summed E-state index contributed by atoms with van der Waals surface area (Å²) in [4.78, 5) is 43.9. The highest BCUT2D eigenvalue weighted by atomic mass is 16.5. The van der Waals surface area contributed by atoms with Crippen LogP contribution in [0.3, 0.4) is 0 Å². The molecule has 0 saturated carbocycles. The van der Waals surface area contributed by atoms with Gasteiger partial charge in [0.2, 0.25) is 0 Å². The van der Waals surface area contributed by atoms with Crippen LogP contribution in [0.5, 0.6) is 0 Å². The van der Waals surface area contributed by atoms with E-state index in [2.05, 4.69) is 0 Å². The zero-order chi connectivity index (χ0) is 23.0. The molecule has 0 bridgehead atoms. The molecule has 0 aromatic carbocycles. The lowest BCUT2D eigenvalue weighted by molar-refractivity contribution is -0.145. The van der Waals surface area contributed by atoms with Gasteiger partial charge in [0.1, 0.15) is 0 Å². The predicted octanol–water partition coefficient (Wildman–Crippen LogP) is 4.13. The SMILES string of the molecule is CCCOC(=O)CCCCC(=O)OCCC.CCOC(=O)CCCCC(=O)OCC. The monoisotopic (exact) mass is 432 g/mol. The molecular formula is C22H40O8. The number of rotatable bonds is 16. The molecule has 0 spiro atoms. The van der Waals surface area contributed by atoms with Crippen LogP contribution in [-0.4, -0.2) is 50.3 Å². The van der Waals surface area contributed by atoms with Crippen molar-refractivity contribution in [2.24, 2.45) is 0 Å². The Kier molecular flexibility index (Phi) is 23.2. The molecular weight excluding hydrogens is 392 g/mol. The summed E-state index contributed by atoms with van der Waals surface area (Å²) < 4.78 is 19.3. The van der Waals surface area contributed by atoms with Crippen molar-refractivity contribution in [3.05, 3.63) is 0 Å². The first kappa shape index (κ1) is 30.1. The highest BCUT2D eigenvalue weighted by Gasteiger charge is 2.05. The number of carbonyl (C=O) groups excluding carboxylic acids is 4. The predicted molar refractivity (Wildman–Crippen MR) is 113 cm³/mol. The van der Waals surface area contributed by atoms with Crippen molar-refractivity contribution < 1.29 is 38.1 Å². The Balaban J connectivity index is 0. The molecule has 0 fully saturated rings. The number of hydrogen-bond acceptors (Lipinski definition) is 8. The number of carbonyl (C=O) groups is 4. The third kappa shape index (κ3) is 23.9. The van der Waals surface area contributed by atoms with Crippen LogP contribution in [0.1, 0.15) is 91.9 Å². The van der Waals surface area contributed by atoms with Crippen molar-refractivity contribution in [2.45, 2.75) is 91.9 Å². The Bertz CT molecular complexity index is 420. The van der Waals surface area contributed by atoms with E-state index >= 15 is 0 Å². The van der Waals surface area contributed by atoms with Gasteiger partial charge < -0.3 is 18.9 Å². The summed E-state index contributed by atoms with van der Waals surface area (Å²) in [7, 11) is 0. The zero-order valence-electron chi connectivity index (χ0n) is 19.2. The average Bonchev–Trinajstić information content (AvgIpc) is 2.72. The van der Waals surface area contributed by atoms with Crippen LogP contribution in [0.15, 0.2) is 0 Å². The molecule has 0 atom stereocenters. The third-order valence-electron chi connectivity index (χ3n) is 3.57. The zero-order valence-corrected chi connectivity index (χ0v) is 19.2. The first-order chi connectivity index (χ1) is 14.4. The first-order valence-electron chi connectivity index (χ1n) is 11.0. The van der Waals surface area contributed by atoms with Gasteiger partial charge in [-0.2, -0.15) is 0 Å². The lowest BCUT2D eigenvalue weighted by Crippen LogP contribution is -2.07. The maximum absolute atomic E-state index is 11.1. The maximum atomic E-state index is 11.1. The van der Waals surface area contributed by atoms with E-state index < -0.39 is 0 Å². The van der Waals surface area contributed by atoms with Gasteiger partial charge >= 0.3 is 23.9 Å². The third-order valence-corrected chi connectivity index (χ3v) is 3.57. The summed E-state index contributed by atoms with van der Waals surface area (Å²) in [6.45, 7) is 9.25. The van der Waals surface area contributed by atoms with E-state index in [9.17, 15) is 19.2 Å². The number of ether oxygens (including phenoxy) is 4. The van der Waals surface area contributed by atoms with Crippen molar-refractivity contribution in [3.8, 4) is 0 Å². The van der Waals surface area contributed by atoms with Crippen LogP contribution < -0.4 is 0 Å². The second-order valence-corrected chi connectivity index (χ2v) is 6.47. The van der Waals surface area contributed by atoms with Crippen LogP contribution in [-0.2, 0) is 38.1 Å². The molecule has 0 radical (unpaired) electrons. The second-order valence-electron chi connectivity index (χ2n) is 6.47. The van der Waals surface area contributed by atoms with Gasteiger partial charge in [0.25, 0.3) is 0 Å². The van der Waals surface area contributed by atoms with Crippen LogP contribution >= 0.6 is 0 Å². The molecule has 0 aromatic rings. The van der Waals surface area contributed by atoms with Gasteiger partial charge in [-0.05, 0) is 52.4 Å². The summed E-state index contributed by atoms with van der Waals surface area (Å²) in [5, 5.41) is 0. The molecule has 0 saturated heterocycles. The molecule has 0 N–H and O–H groups in total. The Morgan fingerprint density at radius 2 is 0.733 bits per heavy atom. The van der Waals surface area contributed by atoms with E-state index in [1.807, 2.05) is 13.8 Å². The summed E-state index contributed by atoms with van der Waals surface area (Å²) in [6.07, 6.45) is 5.95. The van der Waals surface area contributed by atoms with Gasteiger partial charge in [-0.1, -0.05) is 13.8 Å². The Labute approximate surface area is 181 Å². The van der Waals surface area contributed by atoms with Crippen molar-refractivity contribution >= 4 is 23.9 Å². The topological polar surface area (TPSA) is 105 Å². The summed E-state index contributed by atoms with van der Waals surface area (Å²) >= 11 is 0. The minimum atomic E-state index is -0.198. The molecule has 0 heterocycles.